The Bertz CT molecular complexity index is 388. The van der Waals surface area contributed by atoms with Crippen molar-refractivity contribution in [2.75, 3.05) is 5.75 Å². The summed E-state index contributed by atoms with van der Waals surface area (Å²) in [6, 6.07) is 9.36. The Morgan fingerprint density at radius 3 is 2.40 bits per heavy atom. The van der Waals surface area contributed by atoms with Crippen LogP contribution in [0.25, 0.3) is 0 Å². The lowest BCUT2D eigenvalue weighted by Gasteiger charge is -2.10. The maximum Gasteiger partial charge on any atom is 0.264 e. The highest BCUT2D eigenvalue weighted by molar-refractivity contribution is 7.85. The van der Waals surface area contributed by atoms with Crippen molar-refractivity contribution in [2.24, 2.45) is 5.73 Å². The largest absolute Gasteiger partial charge is 0.327 e. The first-order chi connectivity index (χ1) is 6.97. The van der Waals surface area contributed by atoms with E-state index in [0.717, 1.165) is 5.56 Å². The zero-order chi connectivity index (χ0) is 11.3. The number of nitrogens with two attached hydrogens (primary N) is 1. The van der Waals surface area contributed by atoms with Crippen molar-refractivity contribution >= 4 is 10.1 Å². The van der Waals surface area contributed by atoms with Crippen LogP contribution in [0.4, 0.5) is 0 Å². The van der Waals surface area contributed by atoms with Gasteiger partial charge in [-0.25, -0.2) is 0 Å². The highest BCUT2D eigenvalue weighted by atomic mass is 32.2. The van der Waals surface area contributed by atoms with Crippen molar-refractivity contribution in [3.63, 3.8) is 0 Å². The minimum absolute atomic E-state index is 0.241. The lowest BCUT2D eigenvalue weighted by molar-refractivity contribution is 0.476. The fourth-order valence-electron chi connectivity index (χ4n) is 1.32. The fourth-order valence-corrected chi connectivity index (χ4v) is 1.92. The molecule has 0 aliphatic rings. The molecule has 5 heteroatoms. The van der Waals surface area contributed by atoms with Crippen LogP contribution in [0.15, 0.2) is 30.3 Å². The van der Waals surface area contributed by atoms with Crippen molar-refractivity contribution in [1.29, 1.82) is 0 Å². The molecule has 0 spiro atoms. The van der Waals surface area contributed by atoms with E-state index < -0.39 is 10.1 Å². The average molecular weight is 229 g/mol. The molecule has 0 amide bonds. The topological polar surface area (TPSA) is 80.4 Å². The van der Waals surface area contributed by atoms with Crippen LogP contribution in [0.5, 0.6) is 0 Å². The molecule has 15 heavy (non-hydrogen) atoms. The van der Waals surface area contributed by atoms with Crippen molar-refractivity contribution < 1.29 is 13.0 Å². The van der Waals surface area contributed by atoms with E-state index in [0.29, 0.717) is 6.42 Å². The van der Waals surface area contributed by atoms with Gasteiger partial charge in [0.1, 0.15) is 0 Å². The second-order valence-electron chi connectivity index (χ2n) is 3.52. The Morgan fingerprint density at radius 2 is 1.87 bits per heavy atom. The van der Waals surface area contributed by atoms with Gasteiger partial charge in [-0.2, -0.15) is 8.42 Å². The van der Waals surface area contributed by atoms with E-state index >= 15 is 0 Å². The Hall–Kier alpha value is -0.910. The molecule has 0 saturated heterocycles. The van der Waals surface area contributed by atoms with Gasteiger partial charge in [0.25, 0.3) is 10.1 Å². The van der Waals surface area contributed by atoms with Crippen LogP contribution in [-0.4, -0.2) is 24.8 Å². The summed E-state index contributed by atoms with van der Waals surface area (Å²) in [4.78, 5) is 0. The second kappa shape index (κ2) is 5.25. The number of rotatable bonds is 5. The molecular formula is C10H15NO3S. The predicted molar refractivity (Wildman–Crippen MR) is 59.2 cm³/mol. The molecule has 4 nitrogen and oxygen atoms in total. The molecule has 0 radical (unpaired) electrons. The molecule has 0 aliphatic carbocycles. The molecule has 0 fully saturated rings. The summed E-state index contributed by atoms with van der Waals surface area (Å²) in [5.74, 6) is -0.277. The van der Waals surface area contributed by atoms with E-state index in [4.69, 9.17) is 10.3 Å². The quantitative estimate of drug-likeness (QED) is 0.733. The van der Waals surface area contributed by atoms with Crippen LogP contribution in [0.1, 0.15) is 12.0 Å². The summed E-state index contributed by atoms with van der Waals surface area (Å²) < 4.78 is 29.5. The van der Waals surface area contributed by atoms with E-state index in [-0.39, 0.29) is 18.2 Å². The van der Waals surface area contributed by atoms with Gasteiger partial charge in [0.05, 0.1) is 5.75 Å². The van der Waals surface area contributed by atoms with E-state index in [2.05, 4.69) is 0 Å². The first-order valence-corrected chi connectivity index (χ1v) is 6.33. The fraction of sp³-hybridized carbons (Fsp3) is 0.400. The van der Waals surface area contributed by atoms with Gasteiger partial charge in [-0.3, -0.25) is 4.55 Å². The first kappa shape index (κ1) is 12.2. The van der Waals surface area contributed by atoms with E-state index in [1.807, 2.05) is 30.3 Å². The molecule has 0 saturated carbocycles. The summed E-state index contributed by atoms with van der Waals surface area (Å²) in [7, 11) is -3.89. The van der Waals surface area contributed by atoms with Gasteiger partial charge in [0, 0.05) is 6.04 Å². The smallest absolute Gasteiger partial charge is 0.264 e. The standard InChI is InChI=1S/C10H15NO3S/c11-10(6-7-15(12,13)14)8-9-4-2-1-3-5-9/h1-5,10H,6-8,11H2,(H,12,13,14)/t10-/m0/s1. The van der Waals surface area contributed by atoms with Crippen LogP contribution in [0.2, 0.25) is 0 Å². The minimum Gasteiger partial charge on any atom is -0.327 e. The summed E-state index contributed by atoms with van der Waals surface area (Å²) in [6.07, 6.45) is 0.893. The Kier molecular flexibility index (Phi) is 4.26. The maximum absolute atomic E-state index is 10.5. The molecule has 1 aromatic rings. The van der Waals surface area contributed by atoms with Crippen molar-refractivity contribution in [2.45, 2.75) is 18.9 Å². The second-order valence-corrected chi connectivity index (χ2v) is 5.10. The summed E-state index contributed by atoms with van der Waals surface area (Å²) in [5, 5.41) is 0. The van der Waals surface area contributed by atoms with Crippen LogP contribution in [0, 0.1) is 0 Å². The molecule has 0 heterocycles. The molecule has 1 rings (SSSR count). The highest BCUT2D eigenvalue weighted by Crippen LogP contribution is 2.04. The van der Waals surface area contributed by atoms with Crippen LogP contribution in [0.3, 0.4) is 0 Å². The molecule has 1 atom stereocenters. The molecule has 0 aliphatic heterocycles. The normalized spacial score (nSPS) is 13.7. The van der Waals surface area contributed by atoms with Crippen LogP contribution in [-0.2, 0) is 16.5 Å². The Balaban J connectivity index is 2.40. The minimum atomic E-state index is -3.89. The van der Waals surface area contributed by atoms with Crippen molar-refractivity contribution in [3.05, 3.63) is 35.9 Å². The maximum atomic E-state index is 10.5. The van der Waals surface area contributed by atoms with Gasteiger partial charge in [0.15, 0.2) is 0 Å². The third-order valence-electron chi connectivity index (χ3n) is 2.09. The highest BCUT2D eigenvalue weighted by Gasteiger charge is 2.09. The summed E-state index contributed by atoms with van der Waals surface area (Å²) >= 11 is 0. The number of hydrogen-bond donors (Lipinski definition) is 2. The Morgan fingerprint density at radius 1 is 1.27 bits per heavy atom. The van der Waals surface area contributed by atoms with Crippen LogP contribution < -0.4 is 5.73 Å². The molecule has 1 aromatic carbocycles. The van der Waals surface area contributed by atoms with Gasteiger partial charge in [-0.15, -0.1) is 0 Å². The zero-order valence-corrected chi connectivity index (χ0v) is 9.15. The summed E-state index contributed by atoms with van der Waals surface area (Å²) in [5.41, 5.74) is 6.81. The van der Waals surface area contributed by atoms with E-state index in [9.17, 15) is 8.42 Å². The van der Waals surface area contributed by atoms with Gasteiger partial charge in [-0.1, -0.05) is 30.3 Å². The molecule has 0 unspecified atom stereocenters. The third kappa shape index (κ3) is 5.51. The van der Waals surface area contributed by atoms with Gasteiger partial charge >= 0.3 is 0 Å². The lowest BCUT2D eigenvalue weighted by Crippen LogP contribution is -2.25. The Labute approximate surface area is 89.9 Å². The first-order valence-electron chi connectivity index (χ1n) is 4.72. The molecule has 3 N–H and O–H groups in total. The van der Waals surface area contributed by atoms with Crippen molar-refractivity contribution in [1.82, 2.24) is 0 Å². The lowest BCUT2D eigenvalue weighted by atomic mass is 10.1. The number of benzene rings is 1. The average Bonchev–Trinajstić information content (AvgIpc) is 2.15. The summed E-state index contributed by atoms with van der Waals surface area (Å²) in [6.45, 7) is 0. The molecule has 0 bridgehead atoms. The zero-order valence-electron chi connectivity index (χ0n) is 8.33. The number of hydrogen-bond acceptors (Lipinski definition) is 3. The van der Waals surface area contributed by atoms with Gasteiger partial charge in [0.2, 0.25) is 0 Å². The van der Waals surface area contributed by atoms with E-state index in [1.165, 1.54) is 0 Å². The van der Waals surface area contributed by atoms with Crippen LogP contribution >= 0.6 is 0 Å². The SMILES string of the molecule is N[C@@H](CCS(=O)(=O)O)Cc1ccccc1. The predicted octanol–water partition coefficient (Wildman–Crippen LogP) is 0.834. The van der Waals surface area contributed by atoms with E-state index in [1.54, 1.807) is 0 Å². The molecule has 84 valence electrons. The molecular weight excluding hydrogens is 214 g/mol. The third-order valence-corrected chi connectivity index (χ3v) is 2.84. The van der Waals surface area contributed by atoms with Crippen molar-refractivity contribution in [3.8, 4) is 0 Å². The monoisotopic (exact) mass is 229 g/mol. The van der Waals surface area contributed by atoms with Gasteiger partial charge < -0.3 is 5.73 Å². The molecule has 0 aromatic heterocycles. The van der Waals surface area contributed by atoms with Gasteiger partial charge in [-0.05, 0) is 18.4 Å².